The van der Waals surface area contributed by atoms with Crippen LogP contribution in [0.3, 0.4) is 0 Å². The van der Waals surface area contributed by atoms with Crippen molar-refractivity contribution in [2.24, 2.45) is 0 Å². The van der Waals surface area contributed by atoms with Crippen molar-refractivity contribution in [3.8, 4) is 0 Å². The van der Waals surface area contributed by atoms with Crippen LogP contribution >= 0.6 is 11.6 Å². The number of benzene rings is 3. The Morgan fingerprint density at radius 1 is 0.953 bits per heavy atom. The van der Waals surface area contributed by atoms with Crippen molar-refractivity contribution in [2.45, 2.75) is 63.7 Å². The van der Waals surface area contributed by atoms with Crippen LogP contribution < -0.4 is 9.62 Å². The van der Waals surface area contributed by atoms with E-state index in [1.807, 2.05) is 30.3 Å². The van der Waals surface area contributed by atoms with Gasteiger partial charge in [0.05, 0.1) is 21.2 Å². The Kier molecular flexibility index (Phi) is 10.6. The minimum absolute atomic E-state index is 0.0500. The first kappa shape index (κ1) is 33.9. The highest BCUT2D eigenvalue weighted by atomic mass is 35.5. The minimum atomic E-state index is -4.88. The average Bonchev–Trinajstić information content (AvgIpc) is 2.91. The van der Waals surface area contributed by atoms with Crippen LogP contribution in [0.25, 0.3) is 0 Å². The lowest BCUT2D eigenvalue weighted by molar-refractivity contribution is -0.139. The first-order valence-corrected chi connectivity index (χ1v) is 15.3. The number of sulfonamides is 1. The van der Waals surface area contributed by atoms with Crippen LogP contribution in [-0.2, 0) is 32.2 Å². The van der Waals surface area contributed by atoms with Crippen molar-refractivity contribution < 1.29 is 31.2 Å². The first-order valence-electron chi connectivity index (χ1n) is 13.5. The molecule has 0 saturated heterocycles. The Hall–Kier alpha value is -3.57. The molecule has 43 heavy (non-hydrogen) atoms. The van der Waals surface area contributed by atoms with Crippen LogP contribution in [0, 0.1) is 6.92 Å². The van der Waals surface area contributed by atoms with E-state index in [1.54, 1.807) is 39.8 Å². The lowest BCUT2D eigenvalue weighted by Gasteiger charge is -2.33. The number of rotatable bonds is 10. The van der Waals surface area contributed by atoms with Crippen LogP contribution in [0.15, 0.2) is 77.7 Å². The molecule has 0 spiro atoms. The molecule has 2 amide bonds. The molecule has 3 aromatic carbocycles. The number of carbonyl (C=O) groups is 2. The van der Waals surface area contributed by atoms with Crippen LogP contribution in [0.5, 0.6) is 0 Å². The minimum Gasteiger partial charge on any atom is -0.350 e. The molecule has 0 aliphatic rings. The Morgan fingerprint density at radius 3 is 2.12 bits per heavy atom. The van der Waals surface area contributed by atoms with E-state index in [0.717, 1.165) is 23.3 Å². The summed E-state index contributed by atoms with van der Waals surface area (Å²) in [4.78, 5) is 28.1. The molecule has 0 aromatic heterocycles. The van der Waals surface area contributed by atoms with Gasteiger partial charge in [0.15, 0.2) is 0 Å². The third kappa shape index (κ3) is 8.96. The second-order valence-corrected chi connectivity index (χ2v) is 13.5. The molecule has 1 unspecified atom stereocenters. The number of carbonyl (C=O) groups excluding carboxylic acids is 2. The number of nitrogens with zero attached hydrogens (tertiary/aromatic N) is 2. The number of anilines is 1. The normalized spacial score (nSPS) is 12.9. The highest BCUT2D eigenvalue weighted by Crippen LogP contribution is 2.38. The zero-order chi connectivity index (χ0) is 32.2. The molecule has 1 N–H and O–H groups in total. The Labute approximate surface area is 255 Å². The van der Waals surface area contributed by atoms with Crippen molar-refractivity contribution in [1.82, 2.24) is 10.2 Å². The van der Waals surface area contributed by atoms with Crippen LogP contribution in [0.2, 0.25) is 5.02 Å². The molecule has 12 heteroatoms. The lowest BCUT2D eigenvalue weighted by Crippen LogP contribution is -2.55. The topological polar surface area (TPSA) is 86.8 Å². The molecule has 7 nitrogen and oxygen atoms in total. The van der Waals surface area contributed by atoms with E-state index in [0.29, 0.717) is 16.8 Å². The van der Waals surface area contributed by atoms with Gasteiger partial charge in [0.1, 0.15) is 12.6 Å². The molecule has 232 valence electrons. The fourth-order valence-electron chi connectivity index (χ4n) is 4.30. The number of halogens is 4. The van der Waals surface area contributed by atoms with E-state index >= 15 is 0 Å². The Balaban J connectivity index is 2.08. The molecule has 3 rings (SSSR count). The second-order valence-electron chi connectivity index (χ2n) is 11.2. The molecular formula is C31H35ClF3N3O4S. The lowest BCUT2D eigenvalue weighted by atomic mass is 10.1. The van der Waals surface area contributed by atoms with Gasteiger partial charge in [-0.05, 0) is 76.9 Å². The largest absolute Gasteiger partial charge is 0.417 e. The summed E-state index contributed by atoms with van der Waals surface area (Å²) in [6, 6.07) is 16.5. The summed E-state index contributed by atoms with van der Waals surface area (Å²) in [6.07, 6.45) is -4.53. The zero-order valence-electron chi connectivity index (χ0n) is 24.6. The summed E-state index contributed by atoms with van der Waals surface area (Å²) < 4.78 is 69.7. The van der Waals surface area contributed by atoms with Gasteiger partial charge < -0.3 is 10.2 Å². The van der Waals surface area contributed by atoms with E-state index < -0.39 is 62.4 Å². The number of nitrogens with one attached hydrogen (secondary N) is 1. The summed E-state index contributed by atoms with van der Waals surface area (Å²) >= 11 is 5.81. The van der Waals surface area contributed by atoms with Crippen LogP contribution in [0.1, 0.15) is 44.4 Å². The number of alkyl halides is 3. The van der Waals surface area contributed by atoms with Crippen molar-refractivity contribution in [2.75, 3.05) is 17.4 Å². The Morgan fingerprint density at radius 2 is 1.56 bits per heavy atom. The van der Waals surface area contributed by atoms with Gasteiger partial charge in [-0.25, -0.2) is 8.42 Å². The predicted octanol–water partition coefficient (Wildman–Crippen LogP) is 6.24. The highest BCUT2D eigenvalue weighted by molar-refractivity contribution is 7.92. The van der Waals surface area contributed by atoms with Crippen LogP contribution in [-0.4, -0.2) is 49.8 Å². The van der Waals surface area contributed by atoms with E-state index in [4.69, 9.17) is 11.6 Å². The van der Waals surface area contributed by atoms with Gasteiger partial charge in [-0.3, -0.25) is 13.9 Å². The van der Waals surface area contributed by atoms with Gasteiger partial charge in [0.2, 0.25) is 11.8 Å². The zero-order valence-corrected chi connectivity index (χ0v) is 26.1. The van der Waals surface area contributed by atoms with Crippen LogP contribution in [0.4, 0.5) is 18.9 Å². The number of hydrogen-bond donors (Lipinski definition) is 1. The maximum absolute atomic E-state index is 13.9. The van der Waals surface area contributed by atoms with Gasteiger partial charge in [0, 0.05) is 12.1 Å². The molecule has 0 aliphatic heterocycles. The van der Waals surface area contributed by atoms with Crippen molar-refractivity contribution >= 4 is 39.1 Å². The molecular weight excluding hydrogens is 603 g/mol. The molecule has 0 fully saturated rings. The quantitative estimate of drug-likeness (QED) is 0.285. The summed E-state index contributed by atoms with van der Waals surface area (Å²) in [5, 5.41) is 2.21. The molecule has 0 radical (unpaired) electrons. The monoisotopic (exact) mass is 637 g/mol. The van der Waals surface area contributed by atoms with Gasteiger partial charge >= 0.3 is 6.18 Å². The van der Waals surface area contributed by atoms with Crippen molar-refractivity contribution in [1.29, 1.82) is 0 Å². The molecule has 1 atom stereocenters. The third-order valence-corrected chi connectivity index (χ3v) is 8.70. The molecule has 3 aromatic rings. The molecule has 0 bridgehead atoms. The van der Waals surface area contributed by atoms with Gasteiger partial charge in [-0.2, -0.15) is 13.2 Å². The van der Waals surface area contributed by atoms with E-state index in [-0.39, 0.29) is 11.4 Å². The second kappa shape index (κ2) is 13.4. The highest BCUT2D eigenvalue weighted by Gasteiger charge is 2.37. The fourth-order valence-corrected chi connectivity index (χ4v) is 5.93. The summed E-state index contributed by atoms with van der Waals surface area (Å²) in [6.45, 7) is 7.80. The van der Waals surface area contributed by atoms with E-state index in [9.17, 15) is 31.2 Å². The fraction of sp³-hybridized carbons (Fsp3) is 0.355. The smallest absolute Gasteiger partial charge is 0.350 e. The third-order valence-electron chi connectivity index (χ3n) is 6.58. The molecule has 0 aliphatic carbocycles. The summed E-state index contributed by atoms with van der Waals surface area (Å²) in [5.74, 6) is -1.24. The van der Waals surface area contributed by atoms with Crippen molar-refractivity contribution in [3.63, 3.8) is 0 Å². The van der Waals surface area contributed by atoms with Crippen molar-refractivity contribution in [3.05, 3.63) is 94.5 Å². The summed E-state index contributed by atoms with van der Waals surface area (Å²) in [5.41, 5.74) is -0.626. The SMILES string of the molecule is Cc1ccc(S(=O)(=O)N(CC(=O)N(CCc2ccccc2)C(C)C(=O)NC(C)(C)C)c2ccc(Cl)c(C(F)(F)F)c2)cc1. The maximum atomic E-state index is 13.9. The number of aryl methyl sites for hydroxylation is 1. The number of hydrogen-bond acceptors (Lipinski definition) is 4. The van der Waals surface area contributed by atoms with E-state index in [1.165, 1.54) is 24.0 Å². The maximum Gasteiger partial charge on any atom is 0.417 e. The predicted molar refractivity (Wildman–Crippen MR) is 161 cm³/mol. The molecule has 0 saturated carbocycles. The summed E-state index contributed by atoms with van der Waals surface area (Å²) in [7, 11) is -4.54. The standard InChI is InChI=1S/C31H35ClF3N3O4S/c1-21-11-14-25(15-12-21)43(41,42)38(24-13-16-27(32)26(19-24)31(33,34)35)20-28(39)37(18-17-23-9-7-6-8-10-23)22(2)29(40)36-30(3,4)5/h6-16,19,22H,17-18,20H2,1-5H3,(H,36,40). The first-order chi connectivity index (χ1) is 19.9. The Bertz CT molecular complexity index is 1540. The molecule has 0 heterocycles. The van der Waals surface area contributed by atoms with Gasteiger partial charge in [0.25, 0.3) is 10.0 Å². The average molecular weight is 638 g/mol. The van der Waals surface area contributed by atoms with Gasteiger partial charge in [-0.1, -0.05) is 59.6 Å². The van der Waals surface area contributed by atoms with E-state index in [2.05, 4.69) is 5.32 Å². The number of amides is 2. The van der Waals surface area contributed by atoms with Gasteiger partial charge in [-0.15, -0.1) is 0 Å².